The molecule has 2 N–H and O–H groups in total. The summed E-state index contributed by atoms with van der Waals surface area (Å²) < 4.78 is 0. The lowest BCUT2D eigenvalue weighted by Gasteiger charge is -2.44. The Morgan fingerprint density at radius 2 is 2.00 bits per heavy atom. The fourth-order valence-electron chi connectivity index (χ4n) is 3.29. The van der Waals surface area contributed by atoms with E-state index in [2.05, 4.69) is 4.90 Å². The van der Waals surface area contributed by atoms with Crippen molar-refractivity contribution in [2.24, 2.45) is 0 Å². The summed E-state index contributed by atoms with van der Waals surface area (Å²) in [7, 11) is 1.93. The van der Waals surface area contributed by atoms with Crippen molar-refractivity contribution in [3.63, 3.8) is 0 Å². The highest BCUT2D eigenvalue weighted by atomic mass is 35.5. The highest BCUT2D eigenvalue weighted by Crippen LogP contribution is 2.38. The van der Waals surface area contributed by atoms with Crippen LogP contribution in [-0.2, 0) is 11.3 Å². The van der Waals surface area contributed by atoms with Crippen LogP contribution in [0.15, 0.2) is 18.2 Å². The van der Waals surface area contributed by atoms with E-state index in [1.54, 1.807) is 18.2 Å². The average Bonchev–Trinajstić information content (AvgIpc) is 2.43. The lowest BCUT2D eigenvalue weighted by Crippen LogP contribution is -2.49. The van der Waals surface area contributed by atoms with Crippen molar-refractivity contribution in [3.8, 4) is 5.75 Å². The Kier molecular flexibility index (Phi) is 5.12. The van der Waals surface area contributed by atoms with Crippen LogP contribution < -0.4 is 0 Å². The Morgan fingerprint density at radius 3 is 2.57 bits per heavy atom. The van der Waals surface area contributed by atoms with Gasteiger partial charge in [0, 0.05) is 22.7 Å². The van der Waals surface area contributed by atoms with Crippen LogP contribution in [0, 0.1) is 0 Å². The number of aliphatic carboxylic acids is 1. The summed E-state index contributed by atoms with van der Waals surface area (Å²) >= 11 is 6.16. The monoisotopic (exact) mass is 311 g/mol. The molecule has 1 fully saturated rings. The number of nitrogens with zero attached hydrogens (tertiary/aromatic N) is 1. The number of phenols is 1. The first kappa shape index (κ1) is 16.1. The van der Waals surface area contributed by atoms with Gasteiger partial charge in [-0.2, -0.15) is 0 Å². The number of hydrogen-bond acceptors (Lipinski definition) is 3. The number of benzene rings is 1. The predicted molar refractivity (Wildman–Crippen MR) is 82.7 cm³/mol. The van der Waals surface area contributed by atoms with Gasteiger partial charge in [0.05, 0.1) is 6.42 Å². The highest BCUT2D eigenvalue weighted by molar-refractivity contribution is 6.31. The van der Waals surface area contributed by atoms with Crippen molar-refractivity contribution >= 4 is 17.6 Å². The lowest BCUT2D eigenvalue weighted by atomic mass is 9.78. The second-order valence-corrected chi connectivity index (χ2v) is 6.36. The van der Waals surface area contributed by atoms with Gasteiger partial charge in [0.2, 0.25) is 0 Å². The number of carboxylic acids is 1. The van der Waals surface area contributed by atoms with Gasteiger partial charge in [-0.3, -0.25) is 9.69 Å². The number of rotatable bonds is 5. The van der Waals surface area contributed by atoms with Gasteiger partial charge in [0.15, 0.2) is 0 Å². The molecule has 0 unspecified atom stereocenters. The molecule has 2 rings (SSSR count). The fraction of sp³-hybridized carbons (Fsp3) is 0.562. The number of carbonyl (C=O) groups is 1. The van der Waals surface area contributed by atoms with Crippen LogP contribution >= 0.6 is 11.6 Å². The summed E-state index contributed by atoms with van der Waals surface area (Å²) in [6.45, 7) is 0.457. The maximum Gasteiger partial charge on any atom is 0.305 e. The standard InChI is InChI=1S/C16H22ClNO3/c1-18(11-12-13(17)6-5-7-14(12)19)16(10-15(20)21)8-3-2-4-9-16/h5-7,19H,2-4,8-11H2,1H3,(H,20,21). The van der Waals surface area contributed by atoms with Crippen molar-refractivity contribution in [2.45, 2.75) is 50.6 Å². The van der Waals surface area contributed by atoms with E-state index in [0.717, 1.165) is 32.1 Å². The molecule has 0 aromatic heterocycles. The van der Waals surface area contributed by atoms with Crippen LogP contribution in [0.4, 0.5) is 0 Å². The number of phenolic OH excluding ortho intramolecular Hbond substituents is 1. The molecule has 1 aromatic carbocycles. The maximum absolute atomic E-state index is 11.3. The molecule has 0 aliphatic heterocycles. The van der Waals surface area contributed by atoms with E-state index in [-0.39, 0.29) is 17.7 Å². The Balaban J connectivity index is 2.22. The van der Waals surface area contributed by atoms with Gasteiger partial charge in [-0.05, 0) is 32.0 Å². The van der Waals surface area contributed by atoms with E-state index < -0.39 is 5.97 Å². The largest absolute Gasteiger partial charge is 0.508 e. The van der Waals surface area contributed by atoms with E-state index in [1.165, 1.54) is 0 Å². The molecule has 0 saturated heterocycles. The Bertz CT molecular complexity index is 492. The Labute approximate surface area is 130 Å². The summed E-state index contributed by atoms with van der Waals surface area (Å²) in [5.74, 6) is -0.609. The molecule has 21 heavy (non-hydrogen) atoms. The summed E-state index contributed by atoms with van der Waals surface area (Å²) in [6, 6.07) is 5.06. The van der Waals surface area contributed by atoms with Crippen molar-refractivity contribution in [1.29, 1.82) is 0 Å². The Morgan fingerprint density at radius 1 is 1.33 bits per heavy atom. The molecule has 116 valence electrons. The molecule has 0 atom stereocenters. The first-order chi connectivity index (χ1) is 9.94. The predicted octanol–water partition coefficient (Wildman–Crippen LogP) is 3.66. The number of hydrogen-bond donors (Lipinski definition) is 2. The third-order valence-corrected chi connectivity index (χ3v) is 4.92. The van der Waals surface area contributed by atoms with E-state index in [0.29, 0.717) is 17.1 Å². The zero-order chi connectivity index (χ0) is 15.5. The normalized spacial score (nSPS) is 17.9. The SMILES string of the molecule is CN(Cc1c(O)cccc1Cl)C1(CC(=O)O)CCCCC1. The molecule has 1 saturated carbocycles. The van der Waals surface area contributed by atoms with Crippen molar-refractivity contribution in [2.75, 3.05) is 7.05 Å². The summed E-state index contributed by atoms with van der Waals surface area (Å²) in [6.07, 6.45) is 5.14. The minimum absolute atomic E-state index is 0.134. The topological polar surface area (TPSA) is 60.8 Å². The minimum Gasteiger partial charge on any atom is -0.508 e. The molecule has 1 aliphatic rings. The van der Waals surface area contributed by atoms with E-state index in [1.807, 2.05) is 7.05 Å². The second kappa shape index (κ2) is 6.67. The molecule has 0 heterocycles. The maximum atomic E-state index is 11.3. The number of carboxylic acid groups (broad SMARTS) is 1. The van der Waals surface area contributed by atoms with Crippen molar-refractivity contribution in [3.05, 3.63) is 28.8 Å². The molecule has 0 radical (unpaired) electrons. The quantitative estimate of drug-likeness (QED) is 0.871. The molecular formula is C16H22ClNO3. The average molecular weight is 312 g/mol. The van der Waals surface area contributed by atoms with Crippen LogP contribution in [-0.4, -0.2) is 33.7 Å². The lowest BCUT2D eigenvalue weighted by molar-refractivity contribution is -0.141. The number of aromatic hydroxyl groups is 1. The second-order valence-electron chi connectivity index (χ2n) is 5.95. The van der Waals surface area contributed by atoms with E-state index >= 15 is 0 Å². The number of halogens is 1. The first-order valence-corrected chi connectivity index (χ1v) is 7.72. The zero-order valence-corrected chi connectivity index (χ0v) is 13.1. The van der Waals surface area contributed by atoms with Gasteiger partial charge in [0.25, 0.3) is 0 Å². The molecule has 0 amide bonds. The van der Waals surface area contributed by atoms with E-state index in [4.69, 9.17) is 11.6 Å². The van der Waals surface area contributed by atoms with Crippen LogP contribution in [0.1, 0.15) is 44.1 Å². The highest BCUT2D eigenvalue weighted by Gasteiger charge is 2.38. The van der Waals surface area contributed by atoms with Gasteiger partial charge in [-0.15, -0.1) is 0 Å². The molecular weight excluding hydrogens is 290 g/mol. The van der Waals surface area contributed by atoms with Crippen LogP contribution in [0.5, 0.6) is 5.75 Å². The van der Waals surface area contributed by atoms with E-state index in [9.17, 15) is 15.0 Å². The van der Waals surface area contributed by atoms with Gasteiger partial charge in [-0.1, -0.05) is 36.9 Å². The molecule has 0 spiro atoms. The fourth-order valence-corrected chi connectivity index (χ4v) is 3.52. The molecule has 4 nitrogen and oxygen atoms in total. The van der Waals surface area contributed by atoms with Gasteiger partial charge < -0.3 is 10.2 Å². The van der Waals surface area contributed by atoms with Gasteiger partial charge in [0.1, 0.15) is 5.75 Å². The van der Waals surface area contributed by atoms with Crippen LogP contribution in [0.2, 0.25) is 5.02 Å². The summed E-state index contributed by atoms with van der Waals surface area (Å²) in [4.78, 5) is 13.3. The zero-order valence-electron chi connectivity index (χ0n) is 12.3. The molecule has 1 aromatic rings. The third kappa shape index (κ3) is 3.69. The van der Waals surface area contributed by atoms with Crippen LogP contribution in [0.3, 0.4) is 0 Å². The van der Waals surface area contributed by atoms with Gasteiger partial charge in [-0.25, -0.2) is 0 Å². The summed E-state index contributed by atoms with van der Waals surface area (Å²) in [5, 5.41) is 19.7. The summed E-state index contributed by atoms with van der Waals surface area (Å²) in [5.41, 5.74) is 0.326. The molecule has 5 heteroatoms. The first-order valence-electron chi connectivity index (χ1n) is 7.34. The molecule has 0 bridgehead atoms. The molecule has 1 aliphatic carbocycles. The minimum atomic E-state index is -0.771. The third-order valence-electron chi connectivity index (χ3n) is 4.56. The van der Waals surface area contributed by atoms with Crippen molar-refractivity contribution < 1.29 is 15.0 Å². The Hall–Kier alpha value is -1.26. The smallest absolute Gasteiger partial charge is 0.305 e. The van der Waals surface area contributed by atoms with Crippen LogP contribution in [0.25, 0.3) is 0 Å². The van der Waals surface area contributed by atoms with Gasteiger partial charge >= 0.3 is 5.97 Å². The van der Waals surface area contributed by atoms with Crippen molar-refractivity contribution in [1.82, 2.24) is 4.90 Å².